The van der Waals surface area contributed by atoms with Crippen LogP contribution in [-0.2, 0) is 11.3 Å². The summed E-state index contributed by atoms with van der Waals surface area (Å²) in [6, 6.07) is 4.53. The number of hydrogen-bond donors (Lipinski definition) is 2. The lowest BCUT2D eigenvalue weighted by molar-refractivity contribution is 0.0194. The van der Waals surface area contributed by atoms with Gasteiger partial charge in [-0.25, -0.2) is 9.18 Å². The third-order valence-electron chi connectivity index (χ3n) is 3.53. The molecule has 5 nitrogen and oxygen atoms in total. The highest BCUT2D eigenvalue weighted by Crippen LogP contribution is 2.23. The third-order valence-corrected chi connectivity index (χ3v) is 3.53. The highest BCUT2D eigenvalue weighted by atomic mass is 19.1. The summed E-state index contributed by atoms with van der Waals surface area (Å²) in [7, 11) is 0. The maximum atomic E-state index is 13.3. The van der Waals surface area contributed by atoms with E-state index < -0.39 is 5.60 Å². The second-order valence-electron chi connectivity index (χ2n) is 6.48. The summed E-state index contributed by atoms with van der Waals surface area (Å²) in [5, 5.41) is 3.35. The number of amides is 1. The maximum Gasteiger partial charge on any atom is 0.410 e. The van der Waals surface area contributed by atoms with Gasteiger partial charge < -0.3 is 20.7 Å². The predicted octanol–water partition coefficient (Wildman–Crippen LogP) is 2.17. The molecule has 1 aliphatic rings. The molecule has 122 valence electrons. The van der Waals surface area contributed by atoms with Crippen LogP contribution in [0.4, 0.5) is 9.18 Å². The van der Waals surface area contributed by atoms with Crippen molar-refractivity contribution >= 4 is 6.09 Å². The number of ether oxygens (including phenoxy) is 1. The van der Waals surface area contributed by atoms with Crippen LogP contribution in [0.3, 0.4) is 0 Å². The van der Waals surface area contributed by atoms with Crippen LogP contribution >= 0.6 is 0 Å². The second-order valence-corrected chi connectivity index (χ2v) is 6.48. The normalized spacial score (nSPS) is 19.1. The van der Waals surface area contributed by atoms with Crippen LogP contribution in [0, 0.1) is 5.82 Å². The smallest absolute Gasteiger partial charge is 0.410 e. The number of carbonyl (C=O) groups excluding carboxylic acids is 1. The quantitative estimate of drug-likeness (QED) is 0.878. The Labute approximate surface area is 130 Å². The fourth-order valence-corrected chi connectivity index (χ4v) is 2.54. The van der Waals surface area contributed by atoms with E-state index in [1.54, 1.807) is 11.0 Å². The Kier molecular flexibility index (Phi) is 5.03. The molecule has 0 radical (unpaired) electrons. The molecule has 1 saturated heterocycles. The molecule has 1 unspecified atom stereocenters. The van der Waals surface area contributed by atoms with Crippen LogP contribution in [0.5, 0.6) is 0 Å². The number of halogens is 1. The van der Waals surface area contributed by atoms with Crippen molar-refractivity contribution in [3.05, 3.63) is 35.1 Å². The van der Waals surface area contributed by atoms with Gasteiger partial charge in [0, 0.05) is 26.2 Å². The average molecular weight is 309 g/mol. The largest absolute Gasteiger partial charge is 0.444 e. The Balaban J connectivity index is 2.12. The minimum Gasteiger partial charge on any atom is -0.444 e. The molecule has 2 rings (SSSR count). The van der Waals surface area contributed by atoms with Crippen LogP contribution in [0.15, 0.2) is 18.2 Å². The molecule has 1 amide bonds. The summed E-state index contributed by atoms with van der Waals surface area (Å²) < 4.78 is 18.7. The Morgan fingerprint density at radius 2 is 2.23 bits per heavy atom. The molecular weight excluding hydrogens is 285 g/mol. The number of hydrogen-bond acceptors (Lipinski definition) is 4. The topological polar surface area (TPSA) is 67.6 Å². The van der Waals surface area contributed by atoms with E-state index in [1.807, 2.05) is 20.8 Å². The first-order valence-corrected chi connectivity index (χ1v) is 7.50. The minimum absolute atomic E-state index is 0.0691. The predicted molar refractivity (Wildman–Crippen MR) is 82.8 cm³/mol. The van der Waals surface area contributed by atoms with Crippen molar-refractivity contribution in [1.82, 2.24) is 10.2 Å². The summed E-state index contributed by atoms with van der Waals surface area (Å²) >= 11 is 0. The van der Waals surface area contributed by atoms with Crippen LogP contribution in [0.1, 0.15) is 37.9 Å². The Morgan fingerprint density at radius 3 is 2.86 bits per heavy atom. The SMILES string of the molecule is CC(C)(C)OC(=O)N1CCNC(c2ccc(F)cc2CN)C1. The molecule has 1 aromatic rings. The summed E-state index contributed by atoms with van der Waals surface area (Å²) in [4.78, 5) is 13.9. The summed E-state index contributed by atoms with van der Waals surface area (Å²) in [6.45, 7) is 7.52. The molecular formula is C16H24FN3O2. The Bertz CT molecular complexity index is 543. The highest BCUT2D eigenvalue weighted by molar-refractivity contribution is 5.68. The average Bonchev–Trinajstić information content (AvgIpc) is 2.45. The first-order chi connectivity index (χ1) is 10.3. The fraction of sp³-hybridized carbons (Fsp3) is 0.562. The molecule has 22 heavy (non-hydrogen) atoms. The van der Waals surface area contributed by atoms with Crippen molar-refractivity contribution in [2.45, 2.75) is 39.0 Å². The van der Waals surface area contributed by atoms with E-state index in [1.165, 1.54) is 12.1 Å². The Morgan fingerprint density at radius 1 is 1.50 bits per heavy atom. The maximum absolute atomic E-state index is 13.3. The summed E-state index contributed by atoms with van der Waals surface area (Å²) in [6.07, 6.45) is -0.324. The van der Waals surface area contributed by atoms with Gasteiger partial charge in [-0.3, -0.25) is 0 Å². The lowest BCUT2D eigenvalue weighted by atomic mass is 9.98. The zero-order chi connectivity index (χ0) is 16.3. The highest BCUT2D eigenvalue weighted by Gasteiger charge is 2.28. The lowest BCUT2D eigenvalue weighted by Crippen LogP contribution is -2.49. The molecule has 0 saturated carbocycles. The van der Waals surface area contributed by atoms with Crippen molar-refractivity contribution in [3.63, 3.8) is 0 Å². The molecule has 1 aromatic carbocycles. The van der Waals surface area contributed by atoms with Gasteiger partial charge in [-0.15, -0.1) is 0 Å². The van der Waals surface area contributed by atoms with Crippen molar-refractivity contribution in [2.24, 2.45) is 5.73 Å². The summed E-state index contributed by atoms with van der Waals surface area (Å²) in [5.41, 5.74) is 6.87. The summed E-state index contributed by atoms with van der Waals surface area (Å²) in [5.74, 6) is -0.302. The van der Waals surface area contributed by atoms with Gasteiger partial charge in [0.05, 0.1) is 6.04 Å². The molecule has 0 spiro atoms. The molecule has 1 fully saturated rings. The number of nitrogens with two attached hydrogens (primary N) is 1. The molecule has 3 N–H and O–H groups in total. The van der Waals surface area contributed by atoms with Crippen LogP contribution in [-0.4, -0.2) is 36.2 Å². The molecule has 1 aliphatic heterocycles. The van der Waals surface area contributed by atoms with Crippen LogP contribution in [0.2, 0.25) is 0 Å². The van der Waals surface area contributed by atoms with Crippen molar-refractivity contribution in [1.29, 1.82) is 0 Å². The van der Waals surface area contributed by atoms with E-state index in [2.05, 4.69) is 5.32 Å². The van der Waals surface area contributed by atoms with E-state index in [0.29, 0.717) is 19.6 Å². The zero-order valence-electron chi connectivity index (χ0n) is 13.4. The van der Waals surface area contributed by atoms with Gasteiger partial charge in [0.2, 0.25) is 0 Å². The van der Waals surface area contributed by atoms with Gasteiger partial charge >= 0.3 is 6.09 Å². The fourth-order valence-electron chi connectivity index (χ4n) is 2.54. The third kappa shape index (κ3) is 4.18. The first-order valence-electron chi connectivity index (χ1n) is 7.50. The van der Waals surface area contributed by atoms with Gasteiger partial charge in [-0.2, -0.15) is 0 Å². The molecule has 0 aromatic heterocycles. The first kappa shape index (κ1) is 16.7. The van der Waals surface area contributed by atoms with E-state index in [4.69, 9.17) is 10.5 Å². The number of benzene rings is 1. The number of nitrogens with one attached hydrogen (secondary N) is 1. The molecule has 1 heterocycles. The van der Waals surface area contributed by atoms with Crippen LogP contribution in [0.25, 0.3) is 0 Å². The van der Waals surface area contributed by atoms with Crippen LogP contribution < -0.4 is 11.1 Å². The van der Waals surface area contributed by atoms with Gasteiger partial charge in [-0.1, -0.05) is 6.07 Å². The number of nitrogens with zero attached hydrogens (tertiary/aromatic N) is 1. The van der Waals surface area contributed by atoms with E-state index in [-0.39, 0.29) is 24.5 Å². The number of carbonyl (C=O) groups is 1. The van der Waals surface area contributed by atoms with Crippen molar-refractivity contribution in [3.8, 4) is 0 Å². The van der Waals surface area contributed by atoms with Gasteiger partial charge in [0.1, 0.15) is 11.4 Å². The van der Waals surface area contributed by atoms with Crippen molar-refractivity contribution in [2.75, 3.05) is 19.6 Å². The van der Waals surface area contributed by atoms with Gasteiger partial charge in [0.15, 0.2) is 0 Å². The molecule has 0 aliphatic carbocycles. The standard InChI is InChI=1S/C16H24FN3O2/c1-16(2,3)22-15(21)20-7-6-19-14(10-20)13-5-4-12(17)8-11(13)9-18/h4-5,8,14,19H,6-7,9-10,18H2,1-3H3. The van der Waals surface area contributed by atoms with Gasteiger partial charge in [0.25, 0.3) is 0 Å². The molecule has 0 bridgehead atoms. The minimum atomic E-state index is -0.518. The number of rotatable bonds is 2. The van der Waals surface area contributed by atoms with Crippen molar-refractivity contribution < 1.29 is 13.9 Å². The monoisotopic (exact) mass is 309 g/mol. The number of piperazine rings is 1. The van der Waals surface area contributed by atoms with E-state index in [0.717, 1.165) is 11.1 Å². The zero-order valence-corrected chi connectivity index (χ0v) is 13.4. The molecule has 1 atom stereocenters. The lowest BCUT2D eigenvalue weighted by Gasteiger charge is -2.35. The van der Waals surface area contributed by atoms with Gasteiger partial charge in [-0.05, 0) is 44.0 Å². The second kappa shape index (κ2) is 6.62. The van der Waals surface area contributed by atoms with E-state index in [9.17, 15) is 9.18 Å². The van der Waals surface area contributed by atoms with E-state index >= 15 is 0 Å². The molecule has 6 heteroatoms. The Hall–Kier alpha value is -1.66.